The zero-order valence-corrected chi connectivity index (χ0v) is 20.4. The second kappa shape index (κ2) is 8.41. The van der Waals surface area contributed by atoms with E-state index in [0.717, 1.165) is 39.0 Å². The minimum Gasteiger partial charge on any atom is -0.456 e. The molecule has 3 aromatic heterocycles. The average molecular weight is 587 g/mol. The topological polar surface area (TPSA) is 43.9 Å². The fourth-order valence-corrected chi connectivity index (χ4v) is 4.25. The Kier molecular flexibility index (Phi) is 5.83. The van der Waals surface area contributed by atoms with Crippen molar-refractivity contribution in [3.8, 4) is 17.1 Å². The molecule has 0 bridgehead atoms. The molecule has 5 aromatic rings. The summed E-state index contributed by atoms with van der Waals surface area (Å²) in [7, 11) is 0. The van der Waals surface area contributed by atoms with Crippen LogP contribution in [0.25, 0.3) is 39.0 Å². The summed E-state index contributed by atoms with van der Waals surface area (Å²) in [5.74, 6) is 1.49. The molecule has 0 aliphatic carbocycles. The number of nitrogens with zero attached hydrogens (tertiary/aromatic N) is 3. The summed E-state index contributed by atoms with van der Waals surface area (Å²) < 4.78 is 8.58. The van der Waals surface area contributed by atoms with Crippen LogP contribution in [0.2, 0.25) is 0 Å². The molecule has 0 aliphatic heterocycles. The van der Waals surface area contributed by atoms with Gasteiger partial charge in [0.05, 0.1) is 5.82 Å². The van der Waals surface area contributed by atoms with Gasteiger partial charge in [-0.15, -0.1) is 35.9 Å². The standard InChI is InChI=1S/C26H24N3O.Ir/c1-16(2)19-14-20-21-15-27-11-10-22(21)30-25(20)23(17(3)4)24(19)29-13-12-28-26(29)18-8-6-5-7-9-18;/h5-8,10-17H,1-4H3;/q-1;. The van der Waals surface area contributed by atoms with Gasteiger partial charge in [0, 0.05) is 66.9 Å². The summed E-state index contributed by atoms with van der Waals surface area (Å²) in [6, 6.07) is 15.5. The van der Waals surface area contributed by atoms with E-state index in [-0.39, 0.29) is 26.0 Å². The van der Waals surface area contributed by atoms with Crippen LogP contribution in [0, 0.1) is 6.07 Å². The molecule has 2 aromatic carbocycles. The first kappa shape index (κ1) is 21.5. The summed E-state index contributed by atoms with van der Waals surface area (Å²) in [4.78, 5) is 9.01. The molecular formula is C26H24IrN3O-. The van der Waals surface area contributed by atoms with Crippen molar-refractivity contribution in [1.29, 1.82) is 0 Å². The predicted octanol–water partition coefficient (Wildman–Crippen LogP) is 6.88. The van der Waals surface area contributed by atoms with Crippen LogP contribution in [0.15, 0.2) is 65.6 Å². The number of hydrogen-bond donors (Lipinski definition) is 0. The van der Waals surface area contributed by atoms with Crippen LogP contribution >= 0.6 is 0 Å². The Bertz CT molecular complexity index is 1350. The third-order valence-corrected chi connectivity index (χ3v) is 5.63. The van der Waals surface area contributed by atoms with E-state index in [1.807, 2.05) is 48.9 Å². The number of furan rings is 1. The third-order valence-electron chi connectivity index (χ3n) is 5.63. The maximum absolute atomic E-state index is 6.38. The Morgan fingerprint density at radius 2 is 1.84 bits per heavy atom. The number of hydrogen-bond acceptors (Lipinski definition) is 3. The van der Waals surface area contributed by atoms with Gasteiger partial charge in [0.15, 0.2) is 0 Å². The van der Waals surface area contributed by atoms with Crippen LogP contribution in [-0.2, 0) is 20.1 Å². The van der Waals surface area contributed by atoms with E-state index < -0.39 is 0 Å². The Labute approximate surface area is 195 Å². The second-order valence-corrected chi connectivity index (χ2v) is 8.29. The van der Waals surface area contributed by atoms with Crippen LogP contribution in [-0.4, -0.2) is 14.5 Å². The molecule has 0 amide bonds. The third kappa shape index (κ3) is 3.52. The Morgan fingerprint density at radius 1 is 1.00 bits per heavy atom. The molecule has 0 spiro atoms. The van der Waals surface area contributed by atoms with Crippen molar-refractivity contribution in [2.24, 2.45) is 0 Å². The number of fused-ring (bicyclic) bond motifs is 3. The number of benzene rings is 2. The average Bonchev–Trinajstić information content (AvgIpc) is 3.37. The van der Waals surface area contributed by atoms with E-state index in [0.29, 0.717) is 5.92 Å². The fraction of sp³-hybridized carbons (Fsp3) is 0.231. The molecule has 0 fully saturated rings. The molecule has 1 radical (unpaired) electrons. The van der Waals surface area contributed by atoms with Crippen molar-refractivity contribution >= 4 is 21.9 Å². The van der Waals surface area contributed by atoms with Gasteiger partial charge in [0.2, 0.25) is 0 Å². The zero-order valence-electron chi connectivity index (χ0n) is 18.0. The molecular weight excluding hydrogens is 563 g/mol. The summed E-state index contributed by atoms with van der Waals surface area (Å²) in [6.07, 6.45) is 7.58. The molecule has 3 heterocycles. The summed E-state index contributed by atoms with van der Waals surface area (Å²) >= 11 is 0. The first-order valence-electron chi connectivity index (χ1n) is 10.4. The molecule has 5 rings (SSSR count). The number of pyridine rings is 1. The molecule has 0 unspecified atom stereocenters. The van der Waals surface area contributed by atoms with Gasteiger partial charge in [-0.2, -0.15) is 0 Å². The van der Waals surface area contributed by atoms with Gasteiger partial charge in [-0.25, -0.2) is 0 Å². The summed E-state index contributed by atoms with van der Waals surface area (Å²) in [5, 5.41) is 2.19. The first-order valence-corrected chi connectivity index (χ1v) is 10.4. The van der Waals surface area contributed by atoms with Gasteiger partial charge < -0.3 is 8.98 Å². The van der Waals surface area contributed by atoms with Crippen LogP contribution in [0.4, 0.5) is 0 Å². The second-order valence-electron chi connectivity index (χ2n) is 8.29. The van der Waals surface area contributed by atoms with E-state index in [1.54, 1.807) is 6.20 Å². The molecule has 0 N–H and O–H groups in total. The van der Waals surface area contributed by atoms with Gasteiger partial charge in [0.25, 0.3) is 0 Å². The maximum atomic E-state index is 6.38. The summed E-state index contributed by atoms with van der Waals surface area (Å²) in [6.45, 7) is 8.92. The van der Waals surface area contributed by atoms with Gasteiger partial charge >= 0.3 is 0 Å². The van der Waals surface area contributed by atoms with Crippen molar-refractivity contribution in [2.45, 2.75) is 39.5 Å². The minimum absolute atomic E-state index is 0. The first-order chi connectivity index (χ1) is 14.6. The smallest absolute Gasteiger partial charge is 0.141 e. The maximum Gasteiger partial charge on any atom is 0.141 e. The number of aromatic nitrogens is 3. The van der Waals surface area contributed by atoms with E-state index in [1.165, 1.54) is 11.1 Å². The Balaban J connectivity index is 0.00000231. The molecule has 4 nitrogen and oxygen atoms in total. The van der Waals surface area contributed by atoms with Gasteiger partial charge in [-0.1, -0.05) is 27.7 Å². The van der Waals surface area contributed by atoms with Crippen molar-refractivity contribution in [2.75, 3.05) is 0 Å². The van der Waals surface area contributed by atoms with Crippen molar-refractivity contribution in [3.05, 3.63) is 78.4 Å². The van der Waals surface area contributed by atoms with Gasteiger partial charge in [-0.3, -0.25) is 9.97 Å². The van der Waals surface area contributed by atoms with E-state index in [9.17, 15) is 0 Å². The van der Waals surface area contributed by atoms with Gasteiger partial charge in [0.1, 0.15) is 11.2 Å². The van der Waals surface area contributed by atoms with Crippen LogP contribution < -0.4 is 0 Å². The zero-order chi connectivity index (χ0) is 20.8. The van der Waals surface area contributed by atoms with Crippen LogP contribution in [0.3, 0.4) is 0 Å². The number of rotatable bonds is 4. The Hall–Kier alpha value is -2.75. The summed E-state index contributed by atoms with van der Waals surface area (Å²) in [5.41, 5.74) is 6.40. The van der Waals surface area contributed by atoms with Crippen LogP contribution in [0.5, 0.6) is 0 Å². The molecule has 31 heavy (non-hydrogen) atoms. The van der Waals surface area contributed by atoms with Crippen molar-refractivity contribution in [3.63, 3.8) is 0 Å². The monoisotopic (exact) mass is 587 g/mol. The van der Waals surface area contributed by atoms with E-state index in [4.69, 9.17) is 4.42 Å². The number of imidazole rings is 1. The predicted molar refractivity (Wildman–Crippen MR) is 121 cm³/mol. The normalized spacial score (nSPS) is 11.5. The molecule has 159 valence electrons. The molecule has 0 saturated carbocycles. The van der Waals surface area contributed by atoms with Gasteiger partial charge in [-0.05, 0) is 29.5 Å². The fourth-order valence-electron chi connectivity index (χ4n) is 4.25. The van der Waals surface area contributed by atoms with E-state index >= 15 is 0 Å². The van der Waals surface area contributed by atoms with Crippen LogP contribution in [0.1, 0.15) is 50.7 Å². The Morgan fingerprint density at radius 3 is 2.55 bits per heavy atom. The van der Waals surface area contributed by atoms with Crippen molar-refractivity contribution in [1.82, 2.24) is 14.5 Å². The SMILES string of the molecule is CC(C)c1cc2c(oc3ccncc32)c(C(C)C)c1-n1ccnc1-c1[c-]cccc1.[Ir]. The molecule has 0 aliphatic rings. The largest absolute Gasteiger partial charge is 0.456 e. The quantitative estimate of drug-likeness (QED) is 0.216. The molecule has 5 heteroatoms. The molecule has 0 saturated heterocycles. The van der Waals surface area contributed by atoms with Crippen molar-refractivity contribution < 1.29 is 24.5 Å². The minimum atomic E-state index is 0. The molecule has 0 atom stereocenters. The van der Waals surface area contributed by atoms with E-state index in [2.05, 4.69) is 54.4 Å².